The number of aliphatic hydroxyl groups excluding tert-OH is 3. The van der Waals surface area contributed by atoms with Crippen LogP contribution in [0.4, 0.5) is 5.69 Å². The molecule has 0 saturated carbocycles. The molecule has 6 aromatic carbocycles. The van der Waals surface area contributed by atoms with Crippen LogP contribution < -0.4 is 118 Å². The van der Waals surface area contributed by atoms with Gasteiger partial charge in [0.1, 0.15) is 11.6 Å². The predicted octanol–water partition coefficient (Wildman–Crippen LogP) is 4.90. The molecule has 18 nitrogen and oxygen atoms in total. The van der Waals surface area contributed by atoms with E-state index in [0.717, 1.165) is 94.7 Å². The van der Waals surface area contributed by atoms with Crippen molar-refractivity contribution in [2.45, 2.75) is 84.9 Å². The van der Waals surface area contributed by atoms with Crippen LogP contribution in [0, 0.1) is 0 Å². The van der Waals surface area contributed by atoms with Crippen LogP contribution in [0.15, 0.2) is 145 Å². The number of anilines is 1. The number of nitrogens with zero attached hydrogens (tertiary/aromatic N) is 13. The van der Waals surface area contributed by atoms with E-state index >= 15 is 0 Å². The van der Waals surface area contributed by atoms with Crippen molar-refractivity contribution in [3.05, 3.63) is 205 Å². The number of aromatic nitrogens is 12. The number of fused-ring (bicyclic) bond motifs is 1. The van der Waals surface area contributed by atoms with Crippen LogP contribution in [0.1, 0.15) is 84.8 Å². The number of unbranched alkanes of at least 4 members (excludes halogenated alkanes) is 2. The van der Waals surface area contributed by atoms with Crippen LogP contribution in [-0.2, 0) is 43.9 Å². The molecule has 24 heteroatoms. The van der Waals surface area contributed by atoms with E-state index < -0.39 is 12.1 Å². The normalized spacial score (nSPS) is 12.5. The average Bonchev–Trinajstić information content (AvgIpc) is 4.45. The van der Waals surface area contributed by atoms with Gasteiger partial charge in [-0.05, 0) is 81.6 Å². The molecule has 0 spiro atoms. The number of imidazole rings is 2. The number of amides is 1. The van der Waals surface area contributed by atoms with Crippen molar-refractivity contribution in [3.63, 3.8) is 0 Å². The SMILES string of the molecule is CCCCc1nc(Cl)c(CO)n1Cc1ccc(-c2ccccc2-c2nnn[n-]2)cc1.CCCCc1nc(Cl)c(CO)n1Cc1ccc(-c2ccccc2-c2nnn[n-]2)cc1.O=C1Nc2ccc(Cl)cc2C(c2ccccc2Cl)=NC1O.[K+].[K+]. The van der Waals surface area contributed by atoms with Crippen molar-refractivity contribution in [1.82, 2.24) is 60.4 Å². The topological polar surface area (TPSA) is 243 Å². The third-order valence-corrected chi connectivity index (χ3v) is 14.5. The van der Waals surface area contributed by atoms with Crippen LogP contribution in [0.5, 0.6) is 0 Å². The van der Waals surface area contributed by atoms with E-state index in [1.807, 2.05) is 57.7 Å². The summed E-state index contributed by atoms with van der Waals surface area (Å²) in [5, 5.41) is 64.0. The number of aryl methyl sites for hydroxylation is 2. The summed E-state index contributed by atoms with van der Waals surface area (Å²) in [6.45, 7) is 5.24. The molecule has 4 aromatic heterocycles. The van der Waals surface area contributed by atoms with E-state index in [9.17, 15) is 20.1 Å². The van der Waals surface area contributed by atoms with Gasteiger partial charge in [-0.1, -0.05) is 188 Å². The van der Waals surface area contributed by atoms with Crippen molar-refractivity contribution < 1.29 is 123 Å². The summed E-state index contributed by atoms with van der Waals surface area (Å²) in [7, 11) is 0. The molecule has 5 heterocycles. The van der Waals surface area contributed by atoms with Crippen molar-refractivity contribution >= 4 is 63.7 Å². The fourth-order valence-electron chi connectivity index (χ4n) is 9.18. The van der Waals surface area contributed by atoms with Gasteiger partial charge in [0.2, 0.25) is 6.23 Å². The van der Waals surface area contributed by atoms with Crippen molar-refractivity contribution in [2.24, 2.45) is 4.99 Å². The van der Waals surface area contributed by atoms with Crippen molar-refractivity contribution in [1.29, 1.82) is 0 Å². The van der Waals surface area contributed by atoms with Crippen LogP contribution >= 0.6 is 46.4 Å². The third kappa shape index (κ3) is 16.5. The van der Waals surface area contributed by atoms with Gasteiger partial charge in [0.25, 0.3) is 5.91 Å². The maximum absolute atomic E-state index is 11.8. The first-order chi connectivity index (χ1) is 39.5. The van der Waals surface area contributed by atoms with Gasteiger partial charge in [-0.15, -0.1) is 0 Å². The summed E-state index contributed by atoms with van der Waals surface area (Å²) in [5.74, 6) is 2.25. The fraction of sp³-hybridized carbons (Fsp3) is 0.220. The molecule has 1 amide bonds. The molecule has 1 aliphatic heterocycles. The van der Waals surface area contributed by atoms with E-state index in [2.05, 4.69) is 124 Å². The maximum atomic E-state index is 11.8. The summed E-state index contributed by atoms with van der Waals surface area (Å²) in [6.07, 6.45) is 4.38. The second-order valence-electron chi connectivity index (χ2n) is 18.6. The number of aliphatic imine (C=N–C) groups is 1. The Balaban J connectivity index is 0.000000180. The zero-order chi connectivity index (χ0) is 56.8. The number of carbonyl (C=O) groups excluding carboxylic acids is 1. The van der Waals surface area contributed by atoms with Gasteiger partial charge < -0.3 is 40.0 Å². The number of aliphatic hydroxyl groups is 3. The number of hydrogen-bond acceptors (Lipinski definition) is 13. The monoisotopic (exact) mass is 1240 g/mol. The summed E-state index contributed by atoms with van der Waals surface area (Å²) < 4.78 is 4.05. The summed E-state index contributed by atoms with van der Waals surface area (Å²) in [4.78, 5) is 24.8. The first-order valence-electron chi connectivity index (χ1n) is 26.0. The standard InChI is InChI=1S/2C22H22ClN6O.C15H10Cl2N2O2.2K/c2*1-2-3-8-20-24-21(23)19(14-30)29(20)13-15-9-11-16(12-10-15)17-6-4-5-7-18(17)22-25-27-28-26-22;16-8-5-6-12-10(7-8)13(19-15(21)14(20)18-12)9-3-1-2-4-11(9)17;;/h2*4-7,9-12,30H,2-3,8,13-14H2,1H3;1-7,15,21H,(H,18,20);;/q2*-1;;2*+1. The predicted molar refractivity (Wildman–Crippen MR) is 313 cm³/mol. The zero-order valence-electron chi connectivity index (χ0n) is 46.0. The maximum Gasteiger partial charge on any atom is 1.00 e. The number of nitrogens with one attached hydrogen (secondary N) is 1. The minimum Gasteiger partial charge on any atom is -0.390 e. The van der Waals surface area contributed by atoms with Crippen LogP contribution in [0.25, 0.3) is 45.0 Å². The Labute approximate surface area is 584 Å². The Morgan fingerprint density at radius 2 is 1.01 bits per heavy atom. The van der Waals surface area contributed by atoms with E-state index in [1.165, 1.54) is 0 Å². The molecule has 83 heavy (non-hydrogen) atoms. The van der Waals surface area contributed by atoms with E-state index in [1.54, 1.807) is 42.5 Å². The summed E-state index contributed by atoms with van der Waals surface area (Å²) in [5.41, 5.74) is 11.6. The van der Waals surface area contributed by atoms with Gasteiger partial charge >= 0.3 is 103 Å². The summed E-state index contributed by atoms with van der Waals surface area (Å²) >= 11 is 24.7. The van der Waals surface area contributed by atoms with E-state index in [0.29, 0.717) is 79.0 Å². The molecule has 0 saturated heterocycles. The zero-order valence-corrected chi connectivity index (χ0v) is 55.3. The second kappa shape index (κ2) is 32.2. The Morgan fingerprint density at radius 3 is 1.43 bits per heavy atom. The molecule has 0 fully saturated rings. The van der Waals surface area contributed by atoms with Crippen LogP contribution in [0.3, 0.4) is 0 Å². The molecular formula is C59H54Cl4K2N14O4. The molecule has 0 radical (unpaired) electrons. The summed E-state index contributed by atoms with van der Waals surface area (Å²) in [6, 6.07) is 44.5. The molecule has 10 aromatic rings. The van der Waals surface area contributed by atoms with E-state index in [4.69, 9.17) is 46.4 Å². The Morgan fingerprint density at radius 1 is 0.566 bits per heavy atom. The molecule has 1 atom stereocenters. The van der Waals surface area contributed by atoms with Crippen LogP contribution in [0.2, 0.25) is 20.4 Å². The molecular weight excluding hydrogens is 1190 g/mol. The molecule has 0 bridgehead atoms. The Bertz CT molecular complexity index is 3570. The molecule has 414 valence electrons. The van der Waals surface area contributed by atoms with Gasteiger partial charge in [-0.25, -0.2) is 15.0 Å². The van der Waals surface area contributed by atoms with Gasteiger partial charge in [0, 0.05) is 58.8 Å². The first kappa shape index (κ1) is 65.9. The average molecular weight is 1240 g/mol. The quantitative estimate of drug-likeness (QED) is 0.0887. The first-order valence-corrected chi connectivity index (χ1v) is 27.5. The van der Waals surface area contributed by atoms with Gasteiger partial charge in [0.05, 0.1) is 36.0 Å². The number of tetrazole rings is 2. The molecule has 1 aliphatic rings. The number of halogens is 4. The molecule has 0 aliphatic carbocycles. The van der Waals surface area contributed by atoms with Gasteiger partial charge in [-0.2, -0.15) is 10.4 Å². The number of benzodiazepines with no additional fused rings is 1. The smallest absolute Gasteiger partial charge is 0.390 e. The van der Waals surface area contributed by atoms with E-state index in [-0.39, 0.29) is 116 Å². The Hall–Kier alpha value is -4.67. The largest absolute Gasteiger partial charge is 1.00 e. The minimum atomic E-state index is -1.50. The molecule has 11 rings (SSSR count). The number of rotatable bonds is 17. The molecule has 4 N–H and O–H groups in total. The number of benzene rings is 6. The second-order valence-corrected chi connectivity index (χ2v) is 20.2. The fourth-order valence-corrected chi connectivity index (χ4v) is 10.1. The Kier molecular flexibility index (Phi) is 25.5. The van der Waals surface area contributed by atoms with Crippen molar-refractivity contribution in [2.75, 3.05) is 5.32 Å². The van der Waals surface area contributed by atoms with Crippen molar-refractivity contribution in [3.8, 4) is 45.0 Å². The van der Waals surface area contributed by atoms with Gasteiger partial charge in [0.15, 0.2) is 10.3 Å². The number of carbonyl (C=O) groups is 1. The minimum absolute atomic E-state index is 0. The molecule has 1 unspecified atom stereocenters. The number of hydrogen-bond donors (Lipinski definition) is 4. The van der Waals surface area contributed by atoms with Gasteiger partial charge in [-0.3, -0.25) is 25.4 Å². The van der Waals surface area contributed by atoms with Crippen LogP contribution in [-0.4, -0.2) is 83.3 Å². The third-order valence-electron chi connectivity index (χ3n) is 13.3.